The van der Waals surface area contributed by atoms with Gasteiger partial charge in [-0.3, -0.25) is 9.89 Å². The molecule has 0 aromatic heterocycles. The van der Waals surface area contributed by atoms with Crippen molar-refractivity contribution >= 4 is 29.9 Å². The quantitative estimate of drug-likeness (QED) is 0.225. The van der Waals surface area contributed by atoms with Crippen molar-refractivity contribution in [1.82, 2.24) is 15.5 Å². The van der Waals surface area contributed by atoms with Crippen molar-refractivity contribution in [2.24, 2.45) is 4.99 Å². The molecule has 1 aromatic carbocycles. The Bertz CT molecular complexity index is 522. The summed E-state index contributed by atoms with van der Waals surface area (Å²) in [5, 5.41) is 6.67. The summed E-state index contributed by atoms with van der Waals surface area (Å²) < 4.78 is 16.2. The Balaban J connectivity index is 0.00000364. The van der Waals surface area contributed by atoms with Crippen molar-refractivity contribution < 1.29 is 14.2 Å². The second kappa shape index (κ2) is 14.9. The van der Waals surface area contributed by atoms with Gasteiger partial charge in [0.25, 0.3) is 0 Å². The van der Waals surface area contributed by atoms with Crippen molar-refractivity contribution in [3.05, 3.63) is 29.8 Å². The van der Waals surface area contributed by atoms with E-state index < -0.39 is 0 Å². The second-order valence-electron chi connectivity index (χ2n) is 6.13. The standard InChI is InChI=1S/C19H32N4O3.HI/c1-20-19(22-9-10-23-11-14-25-15-12-23)21-8-3-13-26-16-17-4-6-18(24-2)7-5-17;/h4-7H,3,8-16H2,1-2H3,(H2,20,21,22);1H. The average Bonchev–Trinajstić information content (AvgIpc) is 2.70. The Labute approximate surface area is 179 Å². The fourth-order valence-electron chi connectivity index (χ4n) is 2.67. The van der Waals surface area contributed by atoms with Crippen LogP contribution in [0.2, 0.25) is 0 Å². The number of hydrogen-bond donors (Lipinski definition) is 2. The molecule has 1 aliphatic rings. The second-order valence-corrected chi connectivity index (χ2v) is 6.13. The summed E-state index contributed by atoms with van der Waals surface area (Å²) in [5.74, 6) is 1.71. The van der Waals surface area contributed by atoms with Crippen LogP contribution in [0, 0.1) is 0 Å². The van der Waals surface area contributed by atoms with Gasteiger partial charge in [0.1, 0.15) is 5.75 Å². The van der Waals surface area contributed by atoms with Crippen molar-refractivity contribution in [2.45, 2.75) is 13.0 Å². The number of guanidine groups is 1. The average molecular weight is 492 g/mol. The highest BCUT2D eigenvalue weighted by Crippen LogP contribution is 2.11. The Hall–Kier alpha value is -1.10. The Morgan fingerprint density at radius 1 is 1.15 bits per heavy atom. The lowest BCUT2D eigenvalue weighted by Gasteiger charge is -2.26. The number of nitrogens with zero attached hydrogens (tertiary/aromatic N) is 2. The minimum atomic E-state index is 0. The summed E-state index contributed by atoms with van der Waals surface area (Å²) >= 11 is 0. The summed E-state index contributed by atoms with van der Waals surface area (Å²) in [6, 6.07) is 7.95. The molecule has 1 aromatic rings. The van der Waals surface area contributed by atoms with Gasteiger partial charge in [-0.05, 0) is 24.1 Å². The lowest BCUT2D eigenvalue weighted by atomic mass is 10.2. The van der Waals surface area contributed by atoms with E-state index >= 15 is 0 Å². The molecule has 8 heteroatoms. The van der Waals surface area contributed by atoms with Gasteiger partial charge >= 0.3 is 0 Å². The van der Waals surface area contributed by atoms with E-state index in [2.05, 4.69) is 20.5 Å². The zero-order valence-corrected chi connectivity index (χ0v) is 18.7. The van der Waals surface area contributed by atoms with Crippen LogP contribution < -0.4 is 15.4 Å². The maximum Gasteiger partial charge on any atom is 0.191 e. The lowest BCUT2D eigenvalue weighted by Crippen LogP contribution is -2.44. The number of nitrogens with one attached hydrogen (secondary N) is 2. The van der Waals surface area contributed by atoms with Crippen molar-refractivity contribution in [2.75, 3.05) is 66.7 Å². The number of morpholine rings is 1. The van der Waals surface area contributed by atoms with Crippen LogP contribution >= 0.6 is 24.0 Å². The van der Waals surface area contributed by atoms with Crippen LogP contribution in [0.4, 0.5) is 0 Å². The number of rotatable bonds is 10. The Morgan fingerprint density at radius 3 is 2.52 bits per heavy atom. The van der Waals surface area contributed by atoms with Gasteiger partial charge in [0.2, 0.25) is 0 Å². The molecule has 0 spiro atoms. The summed E-state index contributed by atoms with van der Waals surface area (Å²) in [7, 11) is 3.47. The van der Waals surface area contributed by atoms with Crippen LogP contribution in [0.5, 0.6) is 5.75 Å². The highest BCUT2D eigenvalue weighted by Gasteiger charge is 2.09. The molecule has 0 radical (unpaired) electrons. The Morgan fingerprint density at radius 2 is 1.85 bits per heavy atom. The molecule has 0 amide bonds. The van der Waals surface area contributed by atoms with E-state index in [0.29, 0.717) is 13.2 Å². The zero-order valence-electron chi connectivity index (χ0n) is 16.4. The number of hydrogen-bond acceptors (Lipinski definition) is 5. The molecule has 0 saturated carbocycles. The Kier molecular flexibility index (Phi) is 13.2. The van der Waals surface area contributed by atoms with Gasteiger partial charge in [0.15, 0.2) is 5.96 Å². The summed E-state index contributed by atoms with van der Waals surface area (Å²) in [5.41, 5.74) is 1.15. The van der Waals surface area contributed by atoms with Gasteiger partial charge in [0, 0.05) is 46.4 Å². The third kappa shape index (κ3) is 10.1. The smallest absolute Gasteiger partial charge is 0.191 e. The minimum absolute atomic E-state index is 0. The van der Waals surface area contributed by atoms with Crippen molar-refractivity contribution in [1.29, 1.82) is 0 Å². The largest absolute Gasteiger partial charge is 0.497 e. The van der Waals surface area contributed by atoms with E-state index in [9.17, 15) is 0 Å². The summed E-state index contributed by atoms with van der Waals surface area (Å²) in [4.78, 5) is 6.65. The number of ether oxygens (including phenoxy) is 3. The first-order valence-electron chi connectivity index (χ1n) is 9.27. The fourth-order valence-corrected chi connectivity index (χ4v) is 2.67. The minimum Gasteiger partial charge on any atom is -0.497 e. The zero-order chi connectivity index (χ0) is 18.5. The first-order valence-corrected chi connectivity index (χ1v) is 9.27. The van der Waals surface area contributed by atoms with Gasteiger partial charge in [-0.2, -0.15) is 0 Å². The van der Waals surface area contributed by atoms with Gasteiger partial charge in [-0.25, -0.2) is 0 Å². The number of halogens is 1. The monoisotopic (exact) mass is 492 g/mol. The first-order chi connectivity index (χ1) is 12.8. The first kappa shape index (κ1) is 23.9. The van der Waals surface area contributed by atoms with Crippen LogP contribution in [0.1, 0.15) is 12.0 Å². The molecule has 7 nitrogen and oxygen atoms in total. The molecular formula is C19H33IN4O3. The van der Waals surface area contributed by atoms with E-state index in [-0.39, 0.29) is 24.0 Å². The molecule has 1 saturated heterocycles. The number of benzene rings is 1. The molecule has 0 aliphatic carbocycles. The van der Waals surface area contributed by atoms with E-state index in [1.807, 2.05) is 24.3 Å². The highest BCUT2D eigenvalue weighted by molar-refractivity contribution is 14.0. The molecule has 27 heavy (non-hydrogen) atoms. The molecule has 0 unspecified atom stereocenters. The fraction of sp³-hybridized carbons (Fsp3) is 0.632. The normalized spacial score (nSPS) is 15.1. The molecule has 1 fully saturated rings. The van der Waals surface area contributed by atoms with E-state index in [4.69, 9.17) is 14.2 Å². The molecule has 2 rings (SSSR count). The van der Waals surface area contributed by atoms with E-state index in [1.54, 1.807) is 14.2 Å². The lowest BCUT2D eigenvalue weighted by molar-refractivity contribution is 0.0389. The van der Waals surface area contributed by atoms with Crippen molar-refractivity contribution in [3.63, 3.8) is 0 Å². The van der Waals surface area contributed by atoms with Gasteiger partial charge in [0.05, 0.1) is 26.9 Å². The molecule has 2 N–H and O–H groups in total. The van der Waals surface area contributed by atoms with Gasteiger partial charge in [-0.15, -0.1) is 24.0 Å². The van der Waals surface area contributed by atoms with E-state index in [0.717, 1.165) is 69.6 Å². The molecule has 154 valence electrons. The third-order valence-electron chi connectivity index (χ3n) is 4.23. The van der Waals surface area contributed by atoms with Crippen LogP contribution in [-0.4, -0.2) is 77.6 Å². The van der Waals surface area contributed by atoms with Crippen molar-refractivity contribution in [3.8, 4) is 5.75 Å². The predicted molar refractivity (Wildman–Crippen MR) is 119 cm³/mol. The number of methoxy groups -OCH3 is 1. The topological polar surface area (TPSA) is 67.4 Å². The van der Waals surface area contributed by atoms with Crippen LogP contribution in [0.25, 0.3) is 0 Å². The predicted octanol–water partition coefficient (Wildman–Crippen LogP) is 1.72. The van der Waals surface area contributed by atoms with Gasteiger partial charge in [-0.1, -0.05) is 12.1 Å². The van der Waals surface area contributed by atoms with Crippen LogP contribution in [0.15, 0.2) is 29.3 Å². The highest BCUT2D eigenvalue weighted by atomic mass is 127. The SMILES string of the molecule is CN=C(NCCCOCc1ccc(OC)cc1)NCCN1CCOCC1.I. The molecule has 1 heterocycles. The van der Waals surface area contributed by atoms with Crippen LogP contribution in [-0.2, 0) is 16.1 Å². The maximum absolute atomic E-state index is 5.71. The molecular weight excluding hydrogens is 459 g/mol. The van der Waals surface area contributed by atoms with Crippen LogP contribution in [0.3, 0.4) is 0 Å². The third-order valence-corrected chi connectivity index (χ3v) is 4.23. The molecule has 0 bridgehead atoms. The molecule has 0 atom stereocenters. The van der Waals surface area contributed by atoms with E-state index in [1.165, 1.54) is 0 Å². The maximum atomic E-state index is 5.71. The molecule has 1 aliphatic heterocycles. The summed E-state index contributed by atoms with van der Waals surface area (Å²) in [6.07, 6.45) is 0.931. The summed E-state index contributed by atoms with van der Waals surface area (Å²) in [6.45, 7) is 7.76. The van der Waals surface area contributed by atoms with Gasteiger partial charge < -0.3 is 24.8 Å². The number of aliphatic imine (C=N–C) groups is 1.